The summed E-state index contributed by atoms with van der Waals surface area (Å²) in [6.07, 6.45) is 0. The highest BCUT2D eigenvalue weighted by Gasteiger charge is 2.22. The number of nitrogens with zero attached hydrogens (tertiary/aromatic N) is 1. The summed E-state index contributed by atoms with van der Waals surface area (Å²) in [5.41, 5.74) is -1.12. The van der Waals surface area contributed by atoms with E-state index in [0.29, 0.717) is 16.0 Å². The van der Waals surface area contributed by atoms with Crippen molar-refractivity contribution >= 4 is 35.0 Å². The van der Waals surface area contributed by atoms with Crippen LogP contribution in [0.25, 0.3) is 0 Å². The number of benzene rings is 2. The highest BCUT2D eigenvalue weighted by Crippen LogP contribution is 2.37. The second-order valence-electron chi connectivity index (χ2n) is 3.92. The van der Waals surface area contributed by atoms with Crippen LogP contribution in [-0.2, 0) is 0 Å². The van der Waals surface area contributed by atoms with Gasteiger partial charge in [-0.15, -0.1) is 0 Å². The lowest BCUT2D eigenvalue weighted by Crippen LogP contribution is -2.03. The van der Waals surface area contributed by atoms with Gasteiger partial charge in [-0.25, -0.2) is 9.18 Å². The molecule has 0 heterocycles. The minimum Gasteiger partial charge on any atom is -0.478 e. The monoisotopic (exact) mass is 327 g/mol. The van der Waals surface area contributed by atoms with Crippen molar-refractivity contribution < 1.29 is 19.2 Å². The summed E-state index contributed by atoms with van der Waals surface area (Å²) in [6.45, 7) is 0. The molecule has 0 saturated carbocycles. The highest BCUT2D eigenvalue weighted by atomic mass is 35.5. The zero-order valence-electron chi connectivity index (χ0n) is 10.2. The maximum absolute atomic E-state index is 13.5. The van der Waals surface area contributed by atoms with Crippen LogP contribution >= 0.6 is 23.4 Å². The van der Waals surface area contributed by atoms with E-state index < -0.39 is 28.0 Å². The summed E-state index contributed by atoms with van der Waals surface area (Å²) in [7, 11) is 0. The van der Waals surface area contributed by atoms with E-state index in [-0.39, 0.29) is 4.90 Å². The third-order valence-corrected chi connectivity index (χ3v) is 3.77. The Morgan fingerprint density at radius 2 is 2.05 bits per heavy atom. The topological polar surface area (TPSA) is 80.4 Å². The molecule has 1 N–H and O–H groups in total. The van der Waals surface area contributed by atoms with Crippen molar-refractivity contribution in [1.29, 1.82) is 0 Å². The smallest absolute Gasteiger partial charge is 0.338 e. The lowest BCUT2D eigenvalue weighted by Gasteiger charge is -2.06. The largest absolute Gasteiger partial charge is 0.478 e. The van der Waals surface area contributed by atoms with Gasteiger partial charge in [0.05, 0.1) is 21.4 Å². The molecule has 2 aromatic rings. The zero-order chi connectivity index (χ0) is 15.6. The first-order valence-corrected chi connectivity index (χ1v) is 6.72. The normalized spacial score (nSPS) is 10.4. The minimum absolute atomic E-state index is 0.0288. The Balaban J connectivity index is 2.52. The van der Waals surface area contributed by atoms with Crippen molar-refractivity contribution in [1.82, 2.24) is 0 Å². The van der Waals surface area contributed by atoms with E-state index in [1.807, 2.05) is 0 Å². The first-order chi connectivity index (χ1) is 9.88. The SMILES string of the molecule is O=C(O)c1cc(Sc2cccc(Cl)c2)c([N+](=O)[O-])cc1F. The second-order valence-corrected chi connectivity index (χ2v) is 5.47. The van der Waals surface area contributed by atoms with Crippen molar-refractivity contribution in [2.45, 2.75) is 9.79 Å². The number of nitro groups is 1. The van der Waals surface area contributed by atoms with Gasteiger partial charge in [0.2, 0.25) is 0 Å². The summed E-state index contributed by atoms with van der Waals surface area (Å²) in [5, 5.41) is 20.3. The molecule has 0 bridgehead atoms. The van der Waals surface area contributed by atoms with Crippen molar-refractivity contribution in [3.8, 4) is 0 Å². The fourth-order valence-corrected chi connectivity index (χ4v) is 2.84. The molecule has 0 unspecified atom stereocenters. The molecule has 0 saturated heterocycles. The van der Waals surface area contributed by atoms with Crippen LogP contribution in [-0.4, -0.2) is 16.0 Å². The number of halogens is 2. The first kappa shape index (κ1) is 15.3. The van der Waals surface area contributed by atoms with Crippen LogP contribution in [0.3, 0.4) is 0 Å². The molecule has 0 aliphatic carbocycles. The van der Waals surface area contributed by atoms with E-state index in [9.17, 15) is 19.3 Å². The van der Waals surface area contributed by atoms with Crippen molar-refractivity contribution in [3.05, 3.63) is 62.9 Å². The Hall–Kier alpha value is -2.12. The van der Waals surface area contributed by atoms with Gasteiger partial charge in [0.15, 0.2) is 0 Å². The predicted octanol–water partition coefficient (Wildman–Crippen LogP) is 4.24. The van der Waals surface area contributed by atoms with Gasteiger partial charge in [-0.1, -0.05) is 29.4 Å². The van der Waals surface area contributed by atoms with Gasteiger partial charge in [-0.05, 0) is 24.3 Å². The third-order valence-electron chi connectivity index (χ3n) is 2.50. The summed E-state index contributed by atoms with van der Waals surface area (Å²) >= 11 is 6.76. The van der Waals surface area contributed by atoms with Crippen molar-refractivity contribution in [2.24, 2.45) is 0 Å². The number of rotatable bonds is 4. The Morgan fingerprint density at radius 3 is 2.62 bits per heavy atom. The van der Waals surface area contributed by atoms with E-state index in [2.05, 4.69) is 0 Å². The molecule has 0 aromatic heterocycles. The number of carboxylic acids is 1. The van der Waals surface area contributed by atoms with Crippen LogP contribution in [0, 0.1) is 15.9 Å². The Morgan fingerprint density at radius 1 is 1.33 bits per heavy atom. The zero-order valence-corrected chi connectivity index (χ0v) is 11.8. The van der Waals surface area contributed by atoms with Crippen LogP contribution in [0.5, 0.6) is 0 Å². The van der Waals surface area contributed by atoms with Crippen LogP contribution in [0.2, 0.25) is 5.02 Å². The molecule has 0 aliphatic rings. The molecule has 2 aromatic carbocycles. The lowest BCUT2D eigenvalue weighted by atomic mass is 10.2. The van der Waals surface area contributed by atoms with Crippen molar-refractivity contribution in [2.75, 3.05) is 0 Å². The standard InChI is InChI=1S/C13H7ClFNO4S/c14-7-2-1-3-8(4-7)21-12-5-9(13(17)18)10(15)6-11(12)16(19)20/h1-6H,(H,17,18). The second kappa shape index (κ2) is 6.11. The summed E-state index contributed by atoms with van der Waals surface area (Å²) < 4.78 is 13.5. The molecule has 2 rings (SSSR count). The molecular weight excluding hydrogens is 321 g/mol. The number of carbonyl (C=O) groups is 1. The lowest BCUT2D eigenvalue weighted by molar-refractivity contribution is -0.387. The predicted molar refractivity (Wildman–Crippen MR) is 75.6 cm³/mol. The maximum atomic E-state index is 13.5. The van der Waals surface area contributed by atoms with Gasteiger partial charge in [0.25, 0.3) is 5.69 Å². The molecule has 0 aliphatic heterocycles. The van der Waals surface area contributed by atoms with Gasteiger partial charge in [0.1, 0.15) is 5.82 Å². The number of nitro benzene ring substituents is 1. The minimum atomic E-state index is -1.49. The molecule has 0 radical (unpaired) electrons. The Kier molecular flexibility index (Phi) is 4.44. The summed E-state index contributed by atoms with van der Waals surface area (Å²) in [6, 6.07) is 8.06. The van der Waals surface area contributed by atoms with E-state index >= 15 is 0 Å². The molecule has 0 atom stereocenters. The Labute approximate surface area is 127 Å². The molecule has 8 heteroatoms. The van der Waals surface area contributed by atoms with Crippen molar-refractivity contribution in [3.63, 3.8) is 0 Å². The number of aromatic carboxylic acids is 1. The van der Waals surface area contributed by atoms with Gasteiger partial charge in [0, 0.05) is 9.92 Å². The fourth-order valence-electron chi connectivity index (χ4n) is 1.59. The average molecular weight is 328 g/mol. The number of hydrogen-bond acceptors (Lipinski definition) is 4. The Bertz CT molecular complexity index is 738. The number of carboxylic acid groups (broad SMARTS) is 1. The molecule has 0 fully saturated rings. The van der Waals surface area contributed by atoms with Crippen LogP contribution < -0.4 is 0 Å². The molecule has 0 spiro atoms. The average Bonchev–Trinajstić information content (AvgIpc) is 2.39. The van der Waals surface area contributed by atoms with E-state index in [1.165, 1.54) is 0 Å². The summed E-state index contributed by atoms with van der Waals surface area (Å²) in [4.78, 5) is 21.7. The van der Waals surface area contributed by atoms with Crippen LogP contribution in [0.4, 0.5) is 10.1 Å². The quantitative estimate of drug-likeness (QED) is 0.671. The van der Waals surface area contributed by atoms with Gasteiger partial charge < -0.3 is 5.11 Å². The van der Waals surface area contributed by atoms with Gasteiger partial charge >= 0.3 is 5.97 Å². The van der Waals surface area contributed by atoms with Gasteiger partial charge in [-0.3, -0.25) is 10.1 Å². The van der Waals surface area contributed by atoms with E-state index in [0.717, 1.165) is 17.8 Å². The van der Waals surface area contributed by atoms with Crippen LogP contribution in [0.1, 0.15) is 10.4 Å². The first-order valence-electron chi connectivity index (χ1n) is 5.53. The molecular formula is C13H7ClFNO4S. The maximum Gasteiger partial charge on any atom is 0.338 e. The van der Waals surface area contributed by atoms with E-state index in [4.69, 9.17) is 16.7 Å². The van der Waals surface area contributed by atoms with E-state index in [1.54, 1.807) is 24.3 Å². The molecule has 5 nitrogen and oxygen atoms in total. The van der Waals surface area contributed by atoms with Crippen LogP contribution in [0.15, 0.2) is 46.2 Å². The molecule has 0 amide bonds. The fraction of sp³-hybridized carbons (Fsp3) is 0. The molecule has 21 heavy (non-hydrogen) atoms. The molecule has 108 valence electrons. The number of hydrogen-bond donors (Lipinski definition) is 1. The summed E-state index contributed by atoms with van der Waals surface area (Å²) in [5.74, 6) is -2.64. The highest BCUT2D eigenvalue weighted by molar-refractivity contribution is 7.99. The van der Waals surface area contributed by atoms with Gasteiger partial charge in [-0.2, -0.15) is 0 Å². The third kappa shape index (κ3) is 3.50.